The zero-order valence-corrected chi connectivity index (χ0v) is 18.6. The number of fused-ring (bicyclic) bond motifs is 3. The average molecular weight is 445 g/mol. The summed E-state index contributed by atoms with van der Waals surface area (Å²) in [6.45, 7) is 0.317. The predicted molar refractivity (Wildman–Crippen MR) is 116 cm³/mol. The van der Waals surface area contributed by atoms with Crippen LogP contribution in [0.3, 0.4) is 0 Å². The van der Waals surface area contributed by atoms with E-state index in [1.54, 1.807) is 43.0 Å². The third-order valence-corrected chi connectivity index (χ3v) is 6.81. The number of carbonyl (C=O) groups is 2. The summed E-state index contributed by atoms with van der Waals surface area (Å²) in [4.78, 5) is 27.9. The van der Waals surface area contributed by atoms with E-state index in [2.05, 4.69) is 5.32 Å². The maximum absolute atomic E-state index is 13.2. The van der Waals surface area contributed by atoms with E-state index in [0.717, 1.165) is 11.1 Å². The number of amides is 2. The molecule has 31 heavy (non-hydrogen) atoms. The molecule has 9 heteroatoms. The van der Waals surface area contributed by atoms with E-state index in [1.165, 1.54) is 14.2 Å². The Morgan fingerprint density at radius 3 is 2.42 bits per heavy atom. The molecule has 2 aliphatic rings. The molecule has 164 valence electrons. The molecule has 2 atom stereocenters. The van der Waals surface area contributed by atoms with Gasteiger partial charge in [0.2, 0.25) is 5.91 Å². The van der Waals surface area contributed by atoms with Gasteiger partial charge in [0.05, 0.1) is 34.0 Å². The fraction of sp³-hybridized carbons (Fsp3) is 0.364. The van der Waals surface area contributed by atoms with E-state index in [0.29, 0.717) is 40.9 Å². The van der Waals surface area contributed by atoms with Crippen molar-refractivity contribution in [3.05, 3.63) is 47.0 Å². The van der Waals surface area contributed by atoms with Crippen LogP contribution in [-0.4, -0.2) is 56.9 Å². The quantitative estimate of drug-likeness (QED) is 0.703. The number of hydrogen-bond donors (Lipinski definition) is 1. The maximum atomic E-state index is 13.2. The minimum atomic E-state index is -0.564. The molecule has 0 aromatic heterocycles. The standard InChI is InChI=1S/C22H24N2O6S/c1-27-15-7-5-12(9-17(15)29-3)10-23-20(25)14-11-31-22-13-6-8-16(28-2)19(30-4)18(13)21(26)24(14)22/h5-9,14,22H,10-11H2,1-4H3,(H,23,25)/t14-,22?/m0/s1. The molecule has 0 bridgehead atoms. The zero-order chi connectivity index (χ0) is 22.1. The van der Waals surface area contributed by atoms with Crippen molar-refractivity contribution in [2.24, 2.45) is 0 Å². The summed E-state index contributed by atoms with van der Waals surface area (Å²) >= 11 is 1.57. The average Bonchev–Trinajstić information content (AvgIpc) is 3.36. The predicted octanol–water partition coefficient (Wildman–Crippen LogP) is 2.61. The number of rotatable bonds is 7. The number of ether oxygens (including phenoxy) is 4. The Morgan fingerprint density at radius 1 is 1.03 bits per heavy atom. The number of methoxy groups -OCH3 is 4. The second-order valence-electron chi connectivity index (χ2n) is 7.09. The van der Waals surface area contributed by atoms with Crippen molar-refractivity contribution in [2.45, 2.75) is 18.0 Å². The summed E-state index contributed by atoms with van der Waals surface area (Å²) in [5, 5.41) is 2.73. The number of carbonyl (C=O) groups excluding carboxylic acids is 2. The Kier molecular flexibility index (Phi) is 5.86. The van der Waals surface area contributed by atoms with Gasteiger partial charge in [0, 0.05) is 17.9 Å². The van der Waals surface area contributed by atoms with Crippen molar-refractivity contribution in [1.29, 1.82) is 0 Å². The van der Waals surface area contributed by atoms with Gasteiger partial charge in [0.25, 0.3) is 5.91 Å². The molecule has 0 saturated carbocycles. The van der Waals surface area contributed by atoms with Gasteiger partial charge in [-0.15, -0.1) is 11.8 Å². The van der Waals surface area contributed by atoms with Gasteiger partial charge in [-0.1, -0.05) is 12.1 Å². The molecule has 1 fully saturated rings. The third-order valence-electron chi connectivity index (χ3n) is 5.51. The van der Waals surface area contributed by atoms with Gasteiger partial charge >= 0.3 is 0 Å². The molecule has 0 aliphatic carbocycles. The van der Waals surface area contributed by atoms with Gasteiger partial charge < -0.3 is 29.2 Å². The van der Waals surface area contributed by atoms with E-state index in [-0.39, 0.29) is 17.2 Å². The van der Waals surface area contributed by atoms with Crippen LogP contribution in [0.15, 0.2) is 30.3 Å². The molecule has 1 unspecified atom stereocenters. The third kappa shape index (κ3) is 3.52. The van der Waals surface area contributed by atoms with Crippen molar-refractivity contribution in [2.75, 3.05) is 34.2 Å². The molecule has 0 spiro atoms. The molecule has 2 heterocycles. The van der Waals surface area contributed by atoms with Crippen molar-refractivity contribution in [1.82, 2.24) is 10.2 Å². The maximum Gasteiger partial charge on any atom is 0.260 e. The van der Waals surface area contributed by atoms with Gasteiger partial charge in [-0.25, -0.2) is 0 Å². The topological polar surface area (TPSA) is 86.3 Å². The van der Waals surface area contributed by atoms with Crippen molar-refractivity contribution < 1.29 is 28.5 Å². The second kappa shape index (κ2) is 8.58. The lowest BCUT2D eigenvalue weighted by atomic mass is 10.1. The van der Waals surface area contributed by atoms with E-state index >= 15 is 0 Å². The Hall–Kier alpha value is -3.07. The number of nitrogens with zero attached hydrogens (tertiary/aromatic N) is 1. The Balaban J connectivity index is 1.51. The summed E-state index contributed by atoms with van der Waals surface area (Å²) in [5.41, 5.74) is 2.19. The number of hydrogen-bond acceptors (Lipinski definition) is 7. The molecule has 2 amide bonds. The van der Waals surface area contributed by atoms with E-state index in [1.807, 2.05) is 18.2 Å². The monoisotopic (exact) mass is 444 g/mol. The van der Waals surface area contributed by atoms with Crippen LogP contribution in [0.25, 0.3) is 0 Å². The highest BCUT2D eigenvalue weighted by Crippen LogP contribution is 2.52. The highest BCUT2D eigenvalue weighted by molar-refractivity contribution is 7.99. The minimum Gasteiger partial charge on any atom is -0.493 e. The van der Waals surface area contributed by atoms with Crippen LogP contribution in [-0.2, 0) is 11.3 Å². The summed E-state index contributed by atoms with van der Waals surface area (Å²) in [5.74, 6) is 2.24. The van der Waals surface area contributed by atoms with E-state index in [9.17, 15) is 9.59 Å². The summed E-state index contributed by atoms with van der Waals surface area (Å²) in [6, 6.07) is 8.57. The summed E-state index contributed by atoms with van der Waals surface area (Å²) in [7, 11) is 6.18. The smallest absolute Gasteiger partial charge is 0.260 e. The molecule has 2 aliphatic heterocycles. The summed E-state index contributed by atoms with van der Waals surface area (Å²) < 4.78 is 21.3. The van der Waals surface area contributed by atoms with Crippen LogP contribution in [0.1, 0.15) is 26.9 Å². The Bertz CT molecular complexity index is 1030. The molecular weight excluding hydrogens is 420 g/mol. The molecule has 1 N–H and O–H groups in total. The highest BCUT2D eigenvalue weighted by atomic mass is 32.2. The van der Waals surface area contributed by atoms with Crippen LogP contribution < -0.4 is 24.3 Å². The van der Waals surface area contributed by atoms with Crippen LogP contribution in [0.4, 0.5) is 0 Å². The van der Waals surface area contributed by atoms with Gasteiger partial charge in [-0.2, -0.15) is 0 Å². The molecule has 2 aromatic rings. The van der Waals surface area contributed by atoms with E-state index in [4.69, 9.17) is 18.9 Å². The van der Waals surface area contributed by atoms with Crippen LogP contribution in [0.2, 0.25) is 0 Å². The Morgan fingerprint density at radius 2 is 1.74 bits per heavy atom. The first kappa shape index (κ1) is 21.2. The molecule has 1 saturated heterocycles. The Labute approximate surface area is 184 Å². The minimum absolute atomic E-state index is 0.197. The second-order valence-corrected chi connectivity index (χ2v) is 8.20. The number of thioether (sulfide) groups is 1. The first-order chi connectivity index (χ1) is 15.0. The lowest BCUT2D eigenvalue weighted by Gasteiger charge is -2.22. The molecule has 0 radical (unpaired) electrons. The largest absolute Gasteiger partial charge is 0.493 e. The van der Waals surface area contributed by atoms with Crippen LogP contribution in [0.5, 0.6) is 23.0 Å². The first-order valence-electron chi connectivity index (χ1n) is 9.71. The van der Waals surface area contributed by atoms with Gasteiger partial charge in [-0.3, -0.25) is 9.59 Å². The fourth-order valence-corrected chi connectivity index (χ4v) is 5.45. The van der Waals surface area contributed by atoms with Crippen molar-refractivity contribution in [3.8, 4) is 23.0 Å². The van der Waals surface area contributed by atoms with Crippen molar-refractivity contribution in [3.63, 3.8) is 0 Å². The normalized spacial score (nSPS) is 19.0. The van der Waals surface area contributed by atoms with Gasteiger partial charge in [0.1, 0.15) is 11.4 Å². The fourth-order valence-electron chi connectivity index (χ4n) is 3.99. The lowest BCUT2D eigenvalue weighted by Crippen LogP contribution is -2.45. The van der Waals surface area contributed by atoms with Crippen LogP contribution in [0, 0.1) is 0 Å². The molecule has 4 rings (SSSR count). The summed E-state index contributed by atoms with van der Waals surface area (Å²) in [6.07, 6.45) is 0. The van der Waals surface area contributed by atoms with Gasteiger partial charge in [-0.05, 0) is 23.8 Å². The number of nitrogens with one attached hydrogen (secondary N) is 1. The number of benzene rings is 2. The first-order valence-corrected chi connectivity index (χ1v) is 10.8. The zero-order valence-electron chi connectivity index (χ0n) is 17.8. The lowest BCUT2D eigenvalue weighted by molar-refractivity contribution is -0.124. The van der Waals surface area contributed by atoms with Crippen LogP contribution >= 0.6 is 11.8 Å². The highest BCUT2D eigenvalue weighted by Gasteiger charge is 2.50. The van der Waals surface area contributed by atoms with E-state index < -0.39 is 6.04 Å². The molecular formula is C22H24N2O6S. The van der Waals surface area contributed by atoms with Gasteiger partial charge in [0.15, 0.2) is 23.0 Å². The SMILES string of the molecule is COc1ccc(CNC(=O)[C@@H]2CSC3c4ccc(OC)c(OC)c4C(=O)N32)cc1OC. The molecule has 2 aromatic carbocycles. The molecule has 8 nitrogen and oxygen atoms in total. The van der Waals surface area contributed by atoms with Crippen molar-refractivity contribution >= 4 is 23.6 Å².